The summed E-state index contributed by atoms with van der Waals surface area (Å²) in [5.74, 6) is -0.0791. The van der Waals surface area contributed by atoms with E-state index in [4.69, 9.17) is 9.84 Å². The minimum Gasteiger partial charge on any atom is -0.394 e. The lowest BCUT2D eigenvalue weighted by molar-refractivity contribution is 0.162. The number of nitrogens with one attached hydrogen (secondary N) is 1. The van der Waals surface area contributed by atoms with Crippen molar-refractivity contribution in [3.8, 4) is 0 Å². The van der Waals surface area contributed by atoms with Gasteiger partial charge in [0.25, 0.3) is 0 Å². The lowest BCUT2D eigenvalue weighted by atomic mass is 10.1. The molecule has 0 atom stereocenters. The third-order valence-corrected chi connectivity index (χ3v) is 3.10. The lowest BCUT2D eigenvalue weighted by Crippen LogP contribution is -2.47. The Balaban J connectivity index is 4.08. The van der Waals surface area contributed by atoms with Crippen LogP contribution in [0.2, 0.25) is 0 Å². The van der Waals surface area contributed by atoms with Crippen LogP contribution < -0.4 is 4.72 Å². The van der Waals surface area contributed by atoms with Crippen LogP contribution in [0.25, 0.3) is 0 Å². The molecule has 0 aromatic carbocycles. The van der Waals surface area contributed by atoms with E-state index in [1.54, 1.807) is 20.8 Å². The van der Waals surface area contributed by atoms with Crippen molar-refractivity contribution in [3.63, 3.8) is 0 Å². The van der Waals surface area contributed by atoms with Crippen molar-refractivity contribution in [2.45, 2.75) is 26.3 Å². The molecule has 2 N–H and O–H groups in total. The molecule has 14 heavy (non-hydrogen) atoms. The molecule has 0 aliphatic carbocycles. The Morgan fingerprint density at radius 2 is 2.00 bits per heavy atom. The summed E-state index contributed by atoms with van der Waals surface area (Å²) in [6, 6.07) is 0. The van der Waals surface area contributed by atoms with Gasteiger partial charge in [-0.1, -0.05) is 0 Å². The molecule has 0 saturated carbocycles. The molecule has 0 radical (unpaired) electrons. The average Bonchev–Trinajstić information content (AvgIpc) is 2.03. The topological polar surface area (TPSA) is 75.6 Å². The lowest BCUT2D eigenvalue weighted by Gasteiger charge is -2.22. The van der Waals surface area contributed by atoms with Gasteiger partial charge in [0.2, 0.25) is 10.0 Å². The fourth-order valence-electron chi connectivity index (χ4n) is 0.817. The Labute approximate surface area is 85.5 Å². The van der Waals surface area contributed by atoms with Crippen LogP contribution in [-0.4, -0.2) is 44.6 Å². The van der Waals surface area contributed by atoms with E-state index in [0.717, 1.165) is 0 Å². The summed E-state index contributed by atoms with van der Waals surface area (Å²) in [6.07, 6.45) is 0. The van der Waals surface area contributed by atoms with Crippen LogP contribution in [0.1, 0.15) is 20.8 Å². The molecule has 6 heteroatoms. The van der Waals surface area contributed by atoms with Gasteiger partial charge in [-0.3, -0.25) is 0 Å². The van der Waals surface area contributed by atoms with Gasteiger partial charge < -0.3 is 9.84 Å². The maximum atomic E-state index is 11.4. The van der Waals surface area contributed by atoms with Crippen LogP contribution in [0.4, 0.5) is 0 Å². The highest BCUT2D eigenvalue weighted by molar-refractivity contribution is 7.89. The van der Waals surface area contributed by atoms with Gasteiger partial charge in [-0.2, -0.15) is 0 Å². The Morgan fingerprint density at radius 3 is 2.43 bits per heavy atom. The second kappa shape index (κ2) is 5.65. The summed E-state index contributed by atoms with van der Waals surface area (Å²) in [7, 11) is -3.36. The highest BCUT2D eigenvalue weighted by Crippen LogP contribution is 2.02. The molecule has 0 bridgehead atoms. The second-order valence-corrected chi connectivity index (χ2v) is 5.50. The van der Waals surface area contributed by atoms with Gasteiger partial charge >= 0.3 is 0 Å². The predicted molar refractivity (Wildman–Crippen MR) is 54.6 cm³/mol. The van der Waals surface area contributed by atoms with Crippen LogP contribution in [0, 0.1) is 0 Å². The van der Waals surface area contributed by atoms with Crippen LogP contribution in [-0.2, 0) is 14.8 Å². The van der Waals surface area contributed by atoms with Crippen molar-refractivity contribution in [1.29, 1.82) is 0 Å². The first-order valence-electron chi connectivity index (χ1n) is 4.53. The molecule has 0 fully saturated rings. The van der Waals surface area contributed by atoms with Gasteiger partial charge in [0.15, 0.2) is 0 Å². The fourth-order valence-corrected chi connectivity index (χ4v) is 2.16. The summed E-state index contributed by atoms with van der Waals surface area (Å²) in [5, 5.41) is 8.87. The first-order chi connectivity index (χ1) is 6.33. The smallest absolute Gasteiger partial charge is 0.214 e. The number of rotatable bonds is 7. The van der Waals surface area contributed by atoms with E-state index in [2.05, 4.69) is 4.72 Å². The molecular weight excluding hydrogens is 206 g/mol. The predicted octanol–water partition coefficient (Wildman–Crippen LogP) is -0.287. The molecule has 0 aliphatic heterocycles. The first kappa shape index (κ1) is 13.8. The molecule has 86 valence electrons. The Bertz CT molecular complexity index is 248. The quantitative estimate of drug-likeness (QED) is 0.584. The zero-order valence-corrected chi connectivity index (χ0v) is 9.73. The summed E-state index contributed by atoms with van der Waals surface area (Å²) in [5.41, 5.74) is -0.814. The molecule has 5 nitrogen and oxygen atoms in total. The molecule has 0 spiro atoms. The summed E-state index contributed by atoms with van der Waals surface area (Å²) in [4.78, 5) is 0. The Morgan fingerprint density at radius 1 is 1.43 bits per heavy atom. The average molecular weight is 225 g/mol. The maximum absolute atomic E-state index is 11.4. The molecule has 0 aromatic heterocycles. The van der Waals surface area contributed by atoms with E-state index < -0.39 is 15.6 Å². The van der Waals surface area contributed by atoms with E-state index in [-0.39, 0.29) is 19.0 Å². The van der Waals surface area contributed by atoms with Crippen LogP contribution >= 0.6 is 0 Å². The van der Waals surface area contributed by atoms with Gasteiger partial charge in [-0.15, -0.1) is 0 Å². The van der Waals surface area contributed by atoms with Crippen molar-refractivity contribution >= 4 is 10.0 Å². The number of hydrogen-bond acceptors (Lipinski definition) is 4. The van der Waals surface area contributed by atoms with E-state index in [1.807, 2.05) is 0 Å². The van der Waals surface area contributed by atoms with Crippen LogP contribution in [0.5, 0.6) is 0 Å². The van der Waals surface area contributed by atoms with Gasteiger partial charge in [0, 0.05) is 6.61 Å². The minimum absolute atomic E-state index is 0.0791. The normalized spacial score (nSPS) is 13.1. The van der Waals surface area contributed by atoms with Gasteiger partial charge in [-0.25, -0.2) is 13.1 Å². The number of aliphatic hydroxyl groups excluding tert-OH is 1. The summed E-state index contributed by atoms with van der Waals surface area (Å²) < 4.78 is 30.1. The minimum atomic E-state index is -3.36. The molecule has 0 aliphatic rings. The van der Waals surface area contributed by atoms with E-state index in [0.29, 0.717) is 6.61 Å². The summed E-state index contributed by atoms with van der Waals surface area (Å²) >= 11 is 0. The first-order valence-corrected chi connectivity index (χ1v) is 6.18. The molecule has 0 aromatic rings. The zero-order valence-electron chi connectivity index (χ0n) is 8.91. The molecular formula is C8H19NO4S. The highest BCUT2D eigenvalue weighted by atomic mass is 32.2. The van der Waals surface area contributed by atoms with Crippen LogP contribution in [0.15, 0.2) is 0 Å². The maximum Gasteiger partial charge on any atom is 0.214 e. The van der Waals surface area contributed by atoms with Gasteiger partial charge in [0.1, 0.15) is 0 Å². The second-order valence-electron chi connectivity index (χ2n) is 3.66. The Hall–Kier alpha value is -0.170. The van der Waals surface area contributed by atoms with Crippen molar-refractivity contribution in [1.82, 2.24) is 4.72 Å². The van der Waals surface area contributed by atoms with Crippen molar-refractivity contribution in [2.75, 3.05) is 25.6 Å². The zero-order chi connectivity index (χ0) is 11.2. The number of aliphatic hydroxyl groups is 1. The SMILES string of the molecule is CCOCCS(=O)(=O)NC(C)(C)CO. The molecule has 0 saturated heterocycles. The Kier molecular flexibility index (Phi) is 5.58. The molecule has 0 heterocycles. The molecule has 0 unspecified atom stereocenters. The van der Waals surface area contributed by atoms with Crippen molar-refractivity contribution < 1.29 is 18.3 Å². The number of ether oxygens (including phenoxy) is 1. The monoisotopic (exact) mass is 225 g/mol. The third kappa shape index (κ3) is 6.31. The number of sulfonamides is 1. The highest BCUT2D eigenvalue weighted by Gasteiger charge is 2.23. The third-order valence-electron chi connectivity index (χ3n) is 1.53. The fraction of sp³-hybridized carbons (Fsp3) is 1.00. The molecule has 0 amide bonds. The van der Waals surface area contributed by atoms with Gasteiger partial charge in [-0.05, 0) is 20.8 Å². The van der Waals surface area contributed by atoms with E-state index in [9.17, 15) is 8.42 Å². The molecule has 0 rings (SSSR count). The van der Waals surface area contributed by atoms with Crippen molar-refractivity contribution in [3.05, 3.63) is 0 Å². The summed E-state index contributed by atoms with van der Waals surface area (Å²) in [6.45, 7) is 5.47. The largest absolute Gasteiger partial charge is 0.394 e. The standard InChI is InChI=1S/C8H19NO4S/c1-4-13-5-6-14(11,12)9-8(2,3)7-10/h9-10H,4-7H2,1-3H3. The van der Waals surface area contributed by atoms with E-state index >= 15 is 0 Å². The number of hydrogen-bond donors (Lipinski definition) is 2. The van der Waals surface area contributed by atoms with Crippen molar-refractivity contribution in [2.24, 2.45) is 0 Å². The van der Waals surface area contributed by atoms with Gasteiger partial charge in [0.05, 0.1) is 24.5 Å². The van der Waals surface area contributed by atoms with E-state index in [1.165, 1.54) is 0 Å². The van der Waals surface area contributed by atoms with Crippen LogP contribution in [0.3, 0.4) is 0 Å².